The third-order valence-electron chi connectivity index (χ3n) is 2.90. The molecule has 0 radical (unpaired) electrons. The van der Waals surface area contributed by atoms with Crippen molar-refractivity contribution in [2.75, 3.05) is 7.11 Å². The molecule has 0 saturated carbocycles. The second kappa shape index (κ2) is 3.93. The molecule has 0 aromatic carbocycles. The molecule has 1 atom stereocenters. The topological polar surface area (TPSA) is 52.6 Å². The van der Waals surface area contributed by atoms with Crippen LogP contribution in [0.3, 0.4) is 0 Å². The number of hydrogen-bond donors (Lipinski definition) is 0. The van der Waals surface area contributed by atoms with E-state index in [0.29, 0.717) is 6.42 Å². The first kappa shape index (κ1) is 12.2. The molecule has 0 bridgehead atoms. The minimum atomic E-state index is -0.962. The molecule has 1 fully saturated rings. The van der Waals surface area contributed by atoms with E-state index in [1.165, 1.54) is 14.0 Å². The van der Waals surface area contributed by atoms with Gasteiger partial charge in [0, 0.05) is 0 Å². The van der Waals surface area contributed by atoms with Crippen LogP contribution in [0.5, 0.6) is 0 Å². The largest absolute Gasteiger partial charge is 0.469 e. The van der Waals surface area contributed by atoms with Crippen molar-refractivity contribution in [3.05, 3.63) is 0 Å². The lowest BCUT2D eigenvalue weighted by Crippen LogP contribution is -2.41. The number of carbonyl (C=O) groups excluding carboxylic acids is 2. The monoisotopic (exact) mass is 214 g/mol. The molecule has 0 unspecified atom stereocenters. The molecule has 1 aliphatic heterocycles. The van der Waals surface area contributed by atoms with Crippen molar-refractivity contribution in [2.24, 2.45) is 0 Å². The number of esters is 1. The molecule has 0 N–H and O–H groups in total. The van der Waals surface area contributed by atoms with Crippen LogP contribution in [0.25, 0.3) is 0 Å². The molecule has 0 spiro atoms. The number of rotatable bonds is 3. The van der Waals surface area contributed by atoms with E-state index in [0.717, 1.165) is 6.42 Å². The van der Waals surface area contributed by atoms with Crippen LogP contribution in [0.2, 0.25) is 0 Å². The van der Waals surface area contributed by atoms with Crippen LogP contribution < -0.4 is 0 Å². The van der Waals surface area contributed by atoms with Gasteiger partial charge in [-0.15, -0.1) is 0 Å². The highest BCUT2D eigenvalue weighted by Gasteiger charge is 2.49. The maximum atomic E-state index is 11.6. The first-order valence-corrected chi connectivity index (χ1v) is 5.09. The fourth-order valence-corrected chi connectivity index (χ4v) is 1.94. The highest BCUT2D eigenvalue weighted by Crippen LogP contribution is 2.40. The van der Waals surface area contributed by atoms with Crippen molar-refractivity contribution in [1.29, 1.82) is 0 Å². The predicted molar refractivity (Wildman–Crippen MR) is 54.4 cm³/mol. The summed E-state index contributed by atoms with van der Waals surface area (Å²) in [6.45, 7) is 5.31. The average molecular weight is 214 g/mol. The lowest BCUT2D eigenvalue weighted by atomic mass is 9.91. The Morgan fingerprint density at radius 3 is 2.27 bits per heavy atom. The summed E-state index contributed by atoms with van der Waals surface area (Å²) in [7, 11) is 1.32. The van der Waals surface area contributed by atoms with E-state index in [4.69, 9.17) is 4.74 Å². The number of carbonyl (C=O) groups is 2. The fraction of sp³-hybridized carbons (Fsp3) is 0.818. The average Bonchev–Trinajstić information content (AvgIpc) is 2.43. The predicted octanol–water partition coefficient (Wildman–Crippen LogP) is 1.47. The number of Topliss-reactive ketones (excluding diaryl/α,β-unsaturated/α-hetero) is 1. The van der Waals surface area contributed by atoms with Gasteiger partial charge in [0.05, 0.1) is 19.1 Å². The second-order valence-corrected chi connectivity index (χ2v) is 4.67. The molecule has 0 amide bonds. The van der Waals surface area contributed by atoms with Crippen molar-refractivity contribution >= 4 is 11.8 Å². The number of hydrogen-bond acceptors (Lipinski definition) is 4. The van der Waals surface area contributed by atoms with Crippen LogP contribution in [0.15, 0.2) is 0 Å². The highest BCUT2D eigenvalue weighted by molar-refractivity contribution is 5.90. The zero-order valence-corrected chi connectivity index (χ0v) is 9.75. The van der Waals surface area contributed by atoms with E-state index in [9.17, 15) is 9.59 Å². The van der Waals surface area contributed by atoms with Crippen molar-refractivity contribution in [3.63, 3.8) is 0 Å². The number of ketones is 1. The van der Waals surface area contributed by atoms with Crippen molar-refractivity contribution in [2.45, 2.75) is 51.2 Å². The smallest absolute Gasteiger partial charge is 0.308 e. The molecule has 1 rings (SSSR count). The Kier molecular flexibility index (Phi) is 3.19. The van der Waals surface area contributed by atoms with Gasteiger partial charge in [-0.05, 0) is 33.6 Å². The van der Waals surface area contributed by atoms with Gasteiger partial charge in [0.2, 0.25) is 0 Å². The Morgan fingerprint density at radius 1 is 1.33 bits per heavy atom. The summed E-state index contributed by atoms with van der Waals surface area (Å²) in [5, 5.41) is 0. The van der Waals surface area contributed by atoms with Crippen LogP contribution in [-0.4, -0.2) is 30.1 Å². The van der Waals surface area contributed by atoms with Crippen LogP contribution in [-0.2, 0) is 19.1 Å². The first-order chi connectivity index (χ1) is 6.81. The Hall–Kier alpha value is -0.900. The van der Waals surface area contributed by atoms with Crippen LogP contribution in [0.1, 0.15) is 40.0 Å². The molecule has 15 heavy (non-hydrogen) atoms. The molecule has 1 aliphatic rings. The third kappa shape index (κ3) is 2.56. The maximum absolute atomic E-state index is 11.6. The van der Waals surface area contributed by atoms with Gasteiger partial charge < -0.3 is 9.47 Å². The summed E-state index contributed by atoms with van der Waals surface area (Å²) in [6, 6.07) is 0. The number of methoxy groups -OCH3 is 1. The lowest BCUT2D eigenvalue weighted by Gasteiger charge is -2.28. The molecule has 86 valence electrons. The summed E-state index contributed by atoms with van der Waals surface area (Å²) in [6.07, 6.45) is 1.39. The van der Waals surface area contributed by atoms with Gasteiger partial charge in [-0.1, -0.05) is 0 Å². The molecule has 4 nitrogen and oxygen atoms in total. The molecular weight excluding hydrogens is 196 g/mol. The molecular formula is C11H18O4. The van der Waals surface area contributed by atoms with Gasteiger partial charge in [-0.2, -0.15) is 0 Å². The SMILES string of the molecule is COC(=O)C[C@@]1(C(C)=O)CCC(C)(C)O1. The Bertz CT molecular complexity index is 282. The Labute approximate surface area is 89.9 Å². The minimum absolute atomic E-state index is 0.0161. The normalized spacial score (nSPS) is 28.8. The van der Waals surface area contributed by atoms with Gasteiger partial charge in [0.1, 0.15) is 5.60 Å². The summed E-state index contributed by atoms with van der Waals surface area (Å²) in [5.41, 5.74) is -1.30. The summed E-state index contributed by atoms with van der Waals surface area (Å²) in [5.74, 6) is -0.499. The van der Waals surface area contributed by atoms with E-state index in [-0.39, 0.29) is 17.8 Å². The van der Waals surface area contributed by atoms with Crippen molar-refractivity contribution in [1.82, 2.24) is 0 Å². The second-order valence-electron chi connectivity index (χ2n) is 4.67. The molecule has 4 heteroatoms. The highest BCUT2D eigenvalue weighted by atomic mass is 16.5. The fourth-order valence-electron chi connectivity index (χ4n) is 1.94. The summed E-state index contributed by atoms with van der Waals surface area (Å²) in [4.78, 5) is 22.8. The Balaban J connectivity index is 2.83. The quantitative estimate of drug-likeness (QED) is 0.667. The van der Waals surface area contributed by atoms with Gasteiger partial charge >= 0.3 is 5.97 Å². The summed E-state index contributed by atoms with van der Waals surface area (Å²) >= 11 is 0. The molecule has 1 heterocycles. The molecule has 0 aromatic heterocycles. The summed E-state index contributed by atoms with van der Waals surface area (Å²) < 4.78 is 10.3. The molecule has 1 saturated heterocycles. The van der Waals surface area contributed by atoms with E-state index < -0.39 is 11.6 Å². The maximum Gasteiger partial charge on any atom is 0.308 e. The van der Waals surface area contributed by atoms with Gasteiger partial charge in [0.15, 0.2) is 5.78 Å². The number of ether oxygens (including phenoxy) is 2. The van der Waals surface area contributed by atoms with E-state index >= 15 is 0 Å². The Morgan fingerprint density at radius 2 is 1.93 bits per heavy atom. The van der Waals surface area contributed by atoms with E-state index in [1.807, 2.05) is 13.8 Å². The first-order valence-electron chi connectivity index (χ1n) is 5.09. The minimum Gasteiger partial charge on any atom is -0.469 e. The van der Waals surface area contributed by atoms with Crippen molar-refractivity contribution in [3.8, 4) is 0 Å². The van der Waals surface area contributed by atoms with Gasteiger partial charge in [-0.25, -0.2) is 0 Å². The van der Waals surface area contributed by atoms with Crippen LogP contribution >= 0.6 is 0 Å². The zero-order chi connectivity index (χ0) is 11.7. The van der Waals surface area contributed by atoms with Crippen LogP contribution in [0, 0.1) is 0 Å². The van der Waals surface area contributed by atoms with Crippen molar-refractivity contribution < 1.29 is 19.1 Å². The molecule has 0 aromatic rings. The molecule has 0 aliphatic carbocycles. The standard InChI is InChI=1S/C11H18O4/c1-8(12)11(7-9(13)14-4)6-5-10(2,3)15-11/h5-7H2,1-4H3/t11-/m1/s1. The van der Waals surface area contributed by atoms with E-state index in [2.05, 4.69) is 4.74 Å². The zero-order valence-electron chi connectivity index (χ0n) is 9.75. The van der Waals surface area contributed by atoms with Crippen LogP contribution in [0.4, 0.5) is 0 Å². The van der Waals surface area contributed by atoms with E-state index in [1.54, 1.807) is 0 Å². The third-order valence-corrected chi connectivity index (χ3v) is 2.90. The van der Waals surface area contributed by atoms with Gasteiger partial charge in [0.25, 0.3) is 0 Å². The lowest BCUT2D eigenvalue weighted by molar-refractivity contribution is -0.162. The van der Waals surface area contributed by atoms with Gasteiger partial charge in [-0.3, -0.25) is 9.59 Å².